The Morgan fingerprint density at radius 2 is 1.91 bits per heavy atom. The molecular weight excluding hydrogens is 330 g/mol. The van der Waals surface area contributed by atoms with Crippen LogP contribution in [0.1, 0.15) is 15.9 Å². The first-order valence-corrected chi connectivity index (χ1v) is 8.40. The number of carbonyl (C=O) groups excluding carboxylic acids is 1. The number of aromatic amines is 1. The van der Waals surface area contributed by atoms with Gasteiger partial charge in [0.15, 0.2) is 11.6 Å². The summed E-state index contributed by atoms with van der Waals surface area (Å²) in [5.41, 5.74) is 2.68. The summed E-state index contributed by atoms with van der Waals surface area (Å²) in [4.78, 5) is 16.6. The van der Waals surface area contributed by atoms with Gasteiger partial charge in [-0.25, -0.2) is 4.98 Å². The summed E-state index contributed by atoms with van der Waals surface area (Å²) in [6.07, 6.45) is 0. The standard InChI is InChI=1S/C17H14ClN3OS/c1-11-6-8-12(9-7-11)16-19-17(21-20-16)23-10-15(22)13-4-2-3-5-14(13)18/h2-9H,10H2,1H3,(H,19,20,21). The SMILES string of the molecule is Cc1ccc(-c2nc(SCC(=O)c3ccccc3Cl)n[nH]2)cc1. The van der Waals surface area contributed by atoms with Crippen LogP contribution in [0.25, 0.3) is 11.4 Å². The van der Waals surface area contributed by atoms with Gasteiger partial charge in [-0.1, -0.05) is 65.3 Å². The molecule has 0 aliphatic carbocycles. The van der Waals surface area contributed by atoms with E-state index in [2.05, 4.69) is 15.2 Å². The molecule has 0 spiro atoms. The highest BCUT2D eigenvalue weighted by Gasteiger charge is 2.12. The van der Waals surface area contributed by atoms with Crippen LogP contribution in [0.2, 0.25) is 5.02 Å². The number of ketones is 1. The van der Waals surface area contributed by atoms with Crippen molar-refractivity contribution in [2.45, 2.75) is 12.1 Å². The first kappa shape index (κ1) is 15.8. The van der Waals surface area contributed by atoms with E-state index in [-0.39, 0.29) is 11.5 Å². The smallest absolute Gasteiger partial charge is 0.209 e. The number of thioether (sulfide) groups is 1. The zero-order chi connectivity index (χ0) is 16.2. The number of halogens is 1. The molecule has 0 saturated carbocycles. The lowest BCUT2D eigenvalue weighted by Crippen LogP contribution is -2.03. The number of hydrogen-bond acceptors (Lipinski definition) is 4. The Hall–Kier alpha value is -2.11. The van der Waals surface area contributed by atoms with Gasteiger partial charge in [0.25, 0.3) is 0 Å². The Kier molecular flexibility index (Phi) is 4.79. The number of aromatic nitrogens is 3. The molecule has 0 radical (unpaired) electrons. The fraction of sp³-hybridized carbons (Fsp3) is 0.118. The Morgan fingerprint density at radius 1 is 1.17 bits per heavy atom. The van der Waals surface area contributed by atoms with E-state index in [1.165, 1.54) is 17.3 Å². The third-order valence-electron chi connectivity index (χ3n) is 3.30. The van der Waals surface area contributed by atoms with Crippen LogP contribution in [-0.4, -0.2) is 26.7 Å². The van der Waals surface area contributed by atoms with Crippen molar-refractivity contribution in [2.75, 3.05) is 5.75 Å². The second-order valence-corrected chi connectivity index (χ2v) is 6.37. The maximum atomic E-state index is 12.2. The van der Waals surface area contributed by atoms with Gasteiger partial charge in [-0.15, -0.1) is 5.10 Å². The van der Waals surface area contributed by atoms with E-state index in [9.17, 15) is 4.79 Å². The van der Waals surface area contributed by atoms with Gasteiger partial charge in [0.1, 0.15) is 0 Å². The summed E-state index contributed by atoms with van der Waals surface area (Å²) in [6, 6.07) is 15.0. The first-order chi connectivity index (χ1) is 11.1. The monoisotopic (exact) mass is 343 g/mol. The van der Waals surface area contributed by atoms with Crippen LogP contribution in [0.15, 0.2) is 53.7 Å². The molecule has 4 nitrogen and oxygen atoms in total. The van der Waals surface area contributed by atoms with E-state index < -0.39 is 0 Å². The van der Waals surface area contributed by atoms with E-state index >= 15 is 0 Å². The van der Waals surface area contributed by atoms with Crippen molar-refractivity contribution in [1.29, 1.82) is 0 Å². The van der Waals surface area contributed by atoms with Crippen molar-refractivity contribution in [1.82, 2.24) is 15.2 Å². The Balaban J connectivity index is 1.67. The molecule has 0 unspecified atom stereocenters. The molecule has 0 fully saturated rings. The minimum atomic E-state index is -0.0396. The molecule has 0 amide bonds. The van der Waals surface area contributed by atoms with Crippen molar-refractivity contribution in [2.24, 2.45) is 0 Å². The molecule has 0 aliphatic heterocycles. The number of nitrogens with zero attached hydrogens (tertiary/aromatic N) is 2. The van der Waals surface area contributed by atoms with Crippen molar-refractivity contribution in [3.05, 3.63) is 64.7 Å². The third-order valence-corrected chi connectivity index (χ3v) is 4.47. The molecular formula is C17H14ClN3OS. The van der Waals surface area contributed by atoms with Crippen molar-refractivity contribution < 1.29 is 4.79 Å². The van der Waals surface area contributed by atoms with Gasteiger partial charge >= 0.3 is 0 Å². The summed E-state index contributed by atoms with van der Waals surface area (Å²) in [5, 5.41) is 8.05. The number of H-pyrrole nitrogens is 1. The quantitative estimate of drug-likeness (QED) is 0.550. The second kappa shape index (κ2) is 6.98. The minimum absolute atomic E-state index is 0.0396. The van der Waals surface area contributed by atoms with Crippen LogP contribution in [-0.2, 0) is 0 Å². The molecule has 2 aromatic carbocycles. The fourth-order valence-corrected chi connectivity index (χ4v) is 2.97. The summed E-state index contributed by atoms with van der Waals surface area (Å²) in [6.45, 7) is 2.03. The maximum Gasteiger partial charge on any atom is 0.209 e. The average Bonchev–Trinajstić information content (AvgIpc) is 3.03. The summed E-state index contributed by atoms with van der Waals surface area (Å²) >= 11 is 7.32. The maximum absolute atomic E-state index is 12.2. The highest BCUT2D eigenvalue weighted by atomic mass is 35.5. The Bertz CT molecular complexity index is 830. The lowest BCUT2D eigenvalue weighted by Gasteiger charge is -2.01. The van der Waals surface area contributed by atoms with E-state index in [4.69, 9.17) is 11.6 Å². The number of carbonyl (C=O) groups is 1. The predicted molar refractivity (Wildman–Crippen MR) is 93.1 cm³/mol. The van der Waals surface area contributed by atoms with Gasteiger partial charge in [-0.05, 0) is 19.1 Å². The number of hydrogen-bond donors (Lipinski definition) is 1. The van der Waals surface area contributed by atoms with Crippen LogP contribution >= 0.6 is 23.4 Å². The average molecular weight is 344 g/mol. The lowest BCUT2D eigenvalue weighted by atomic mass is 10.1. The van der Waals surface area contributed by atoms with Gasteiger partial charge < -0.3 is 0 Å². The van der Waals surface area contributed by atoms with Crippen LogP contribution in [0.5, 0.6) is 0 Å². The zero-order valence-corrected chi connectivity index (χ0v) is 14.0. The molecule has 23 heavy (non-hydrogen) atoms. The van der Waals surface area contributed by atoms with Gasteiger partial charge in [-0.3, -0.25) is 9.89 Å². The van der Waals surface area contributed by atoms with Gasteiger partial charge in [0.2, 0.25) is 5.16 Å². The highest BCUT2D eigenvalue weighted by Crippen LogP contribution is 2.22. The minimum Gasteiger partial charge on any atom is -0.293 e. The molecule has 0 atom stereocenters. The number of rotatable bonds is 5. The normalized spacial score (nSPS) is 10.7. The zero-order valence-electron chi connectivity index (χ0n) is 12.4. The molecule has 116 valence electrons. The lowest BCUT2D eigenvalue weighted by molar-refractivity contribution is 0.102. The topological polar surface area (TPSA) is 58.6 Å². The summed E-state index contributed by atoms with van der Waals surface area (Å²) in [5.74, 6) is 0.898. The number of nitrogens with one attached hydrogen (secondary N) is 1. The number of Topliss-reactive ketones (excluding diaryl/α,β-unsaturated/α-hetero) is 1. The second-order valence-electron chi connectivity index (χ2n) is 5.02. The Morgan fingerprint density at radius 3 is 2.65 bits per heavy atom. The van der Waals surface area contributed by atoms with Crippen LogP contribution in [0.3, 0.4) is 0 Å². The van der Waals surface area contributed by atoms with E-state index in [0.29, 0.717) is 21.6 Å². The molecule has 0 saturated heterocycles. The van der Waals surface area contributed by atoms with Crippen molar-refractivity contribution >= 4 is 29.1 Å². The van der Waals surface area contributed by atoms with Crippen molar-refractivity contribution in [3.8, 4) is 11.4 Å². The largest absolute Gasteiger partial charge is 0.293 e. The summed E-state index contributed by atoms with van der Waals surface area (Å²) < 4.78 is 0. The predicted octanol–water partition coefficient (Wildman–Crippen LogP) is 4.41. The van der Waals surface area contributed by atoms with Crippen molar-refractivity contribution in [3.63, 3.8) is 0 Å². The van der Waals surface area contributed by atoms with Gasteiger partial charge in [0, 0.05) is 11.1 Å². The number of benzene rings is 2. The molecule has 1 aromatic heterocycles. The molecule has 3 aromatic rings. The van der Waals surface area contributed by atoms with Gasteiger partial charge in [-0.2, -0.15) is 0 Å². The highest BCUT2D eigenvalue weighted by molar-refractivity contribution is 7.99. The van der Waals surface area contributed by atoms with E-state index in [1.807, 2.05) is 31.2 Å². The molecule has 0 bridgehead atoms. The molecule has 1 N–H and O–H groups in total. The van der Waals surface area contributed by atoms with E-state index in [0.717, 1.165) is 5.56 Å². The number of aryl methyl sites for hydroxylation is 1. The Labute approximate surface area is 143 Å². The fourth-order valence-electron chi connectivity index (χ4n) is 2.05. The van der Waals surface area contributed by atoms with Gasteiger partial charge in [0.05, 0.1) is 10.8 Å². The third kappa shape index (κ3) is 3.81. The van der Waals surface area contributed by atoms with Crippen LogP contribution in [0, 0.1) is 6.92 Å². The van der Waals surface area contributed by atoms with Crippen LogP contribution in [0.4, 0.5) is 0 Å². The molecule has 6 heteroatoms. The molecule has 0 aliphatic rings. The molecule has 3 rings (SSSR count). The van der Waals surface area contributed by atoms with Crippen LogP contribution < -0.4 is 0 Å². The molecule has 1 heterocycles. The summed E-state index contributed by atoms with van der Waals surface area (Å²) in [7, 11) is 0. The van der Waals surface area contributed by atoms with E-state index in [1.54, 1.807) is 24.3 Å². The first-order valence-electron chi connectivity index (χ1n) is 7.03.